The second kappa shape index (κ2) is 4.53. The maximum atomic E-state index is 13.4. The van der Waals surface area contributed by atoms with Crippen molar-refractivity contribution in [2.75, 3.05) is 4.90 Å². The van der Waals surface area contributed by atoms with Crippen molar-refractivity contribution in [3.63, 3.8) is 0 Å². The van der Waals surface area contributed by atoms with Gasteiger partial charge in [0.25, 0.3) is 0 Å². The van der Waals surface area contributed by atoms with Crippen LogP contribution in [0.15, 0.2) is 18.2 Å². The fourth-order valence-corrected chi connectivity index (χ4v) is 1.78. The van der Waals surface area contributed by atoms with Crippen LogP contribution in [0.25, 0.3) is 0 Å². The summed E-state index contributed by atoms with van der Waals surface area (Å²) in [4.78, 5) is 23.9. The van der Waals surface area contributed by atoms with Gasteiger partial charge in [-0.2, -0.15) is 0 Å². The second-order valence-corrected chi connectivity index (χ2v) is 3.81. The van der Waals surface area contributed by atoms with E-state index in [0.717, 1.165) is 17.0 Å². The third-order valence-electron chi connectivity index (χ3n) is 2.59. The van der Waals surface area contributed by atoms with Gasteiger partial charge in [0.2, 0.25) is 11.8 Å². The Hall–Kier alpha value is -2.28. The van der Waals surface area contributed by atoms with Crippen molar-refractivity contribution in [2.45, 2.75) is 12.8 Å². The lowest BCUT2D eigenvalue weighted by molar-refractivity contribution is -0.121. The normalized spacial score (nSPS) is 15.1. The number of amides is 2. The van der Waals surface area contributed by atoms with Crippen molar-refractivity contribution in [2.24, 2.45) is 0 Å². The molecule has 1 aliphatic rings. The van der Waals surface area contributed by atoms with Gasteiger partial charge in [0.15, 0.2) is 0 Å². The molecule has 18 heavy (non-hydrogen) atoms. The summed E-state index contributed by atoms with van der Waals surface area (Å²) in [5, 5.41) is 15.9. The van der Waals surface area contributed by atoms with Crippen LogP contribution in [0.1, 0.15) is 18.4 Å². The van der Waals surface area contributed by atoms with E-state index in [1.165, 1.54) is 6.07 Å². The van der Waals surface area contributed by atoms with Crippen molar-refractivity contribution in [3.05, 3.63) is 29.6 Å². The van der Waals surface area contributed by atoms with Crippen LogP contribution in [0.4, 0.5) is 10.1 Å². The first-order chi connectivity index (χ1) is 8.52. The van der Waals surface area contributed by atoms with Crippen molar-refractivity contribution in [3.8, 4) is 0 Å². The predicted octanol–water partition coefficient (Wildman–Crippen LogP) is 0.783. The van der Waals surface area contributed by atoms with Crippen molar-refractivity contribution < 1.29 is 19.2 Å². The molecule has 1 aromatic rings. The van der Waals surface area contributed by atoms with E-state index in [2.05, 4.69) is 0 Å². The van der Waals surface area contributed by atoms with E-state index >= 15 is 0 Å². The number of carbonyl (C=O) groups is 2. The number of nitrogens with one attached hydrogen (secondary N) is 2. The van der Waals surface area contributed by atoms with Gasteiger partial charge >= 0.3 is 0 Å². The lowest BCUT2D eigenvalue weighted by atomic mass is 10.1. The van der Waals surface area contributed by atoms with E-state index < -0.39 is 23.5 Å². The Kier molecular flexibility index (Phi) is 3.07. The Morgan fingerprint density at radius 1 is 1.28 bits per heavy atom. The molecule has 0 saturated carbocycles. The third kappa shape index (κ3) is 2.07. The van der Waals surface area contributed by atoms with E-state index in [9.17, 15) is 14.0 Å². The van der Waals surface area contributed by atoms with Crippen molar-refractivity contribution >= 4 is 23.3 Å². The van der Waals surface area contributed by atoms with E-state index in [1.54, 1.807) is 5.48 Å². The smallest absolute Gasteiger partial charge is 0.234 e. The molecule has 0 aromatic heterocycles. The minimum atomic E-state index is -0.699. The van der Waals surface area contributed by atoms with Crippen LogP contribution in [-0.4, -0.2) is 22.9 Å². The fourth-order valence-electron chi connectivity index (χ4n) is 1.78. The molecule has 0 atom stereocenters. The molecule has 0 radical (unpaired) electrons. The van der Waals surface area contributed by atoms with Crippen LogP contribution >= 0.6 is 0 Å². The summed E-state index contributed by atoms with van der Waals surface area (Å²) in [6.45, 7) is 0. The first-order valence-electron chi connectivity index (χ1n) is 5.18. The van der Waals surface area contributed by atoms with Gasteiger partial charge in [-0.3, -0.25) is 30.6 Å². The first-order valence-corrected chi connectivity index (χ1v) is 5.18. The Bertz CT molecular complexity index is 528. The Morgan fingerprint density at radius 2 is 1.89 bits per heavy atom. The van der Waals surface area contributed by atoms with Gasteiger partial charge in [0.05, 0.1) is 5.69 Å². The zero-order chi connectivity index (χ0) is 13.3. The number of rotatable bonds is 2. The van der Waals surface area contributed by atoms with Gasteiger partial charge in [0.1, 0.15) is 11.7 Å². The highest BCUT2D eigenvalue weighted by Gasteiger charge is 2.30. The number of hydrogen-bond donors (Lipinski definition) is 3. The van der Waals surface area contributed by atoms with Crippen LogP contribution < -0.4 is 10.4 Å². The molecule has 2 amide bonds. The van der Waals surface area contributed by atoms with Crippen molar-refractivity contribution in [1.82, 2.24) is 5.48 Å². The second-order valence-electron chi connectivity index (χ2n) is 3.81. The van der Waals surface area contributed by atoms with Gasteiger partial charge in [0, 0.05) is 18.4 Å². The van der Waals surface area contributed by atoms with Gasteiger partial charge in [-0.25, -0.2) is 4.39 Å². The van der Waals surface area contributed by atoms with Crippen LogP contribution in [0.3, 0.4) is 0 Å². The monoisotopic (exact) mass is 251 g/mol. The SMILES string of the molecule is N=C(NO)c1cc(F)cc(N2C(=O)CCC2=O)c1. The summed E-state index contributed by atoms with van der Waals surface area (Å²) in [6.07, 6.45) is 0.195. The molecule has 0 bridgehead atoms. The maximum Gasteiger partial charge on any atom is 0.234 e. The van der Waals surface area contributed by atoms with E-state index in [-0.39, 0.29) is 24.1 Å². The van der Waals surface area contributed by atoms with Crippen LogP contribution in [0.5, 0.6) is 0 Å². The summed E-state index contributed by atoms with van der Waals surface area (Å²) < 4.78 is 13.4. The molecular formula is C11H10FN3O3. The quantitative estimate of drug-likeness (QED) is 0.313. The molecule has 0 unspecified atom stereocenters. The molecular weight excluding hydrogens is 241 g/mol. The number of carbonyl (C=O) groups excluding carboxylic acids is 2. The van der Waals surface area contributed by atoms with Crippen molar-refractivity contribution in [1.29, 1.82) is 5.41 Å². The number of benzene rings is 1. The summed E-state index contributed by atoms with van der Waals surface area (Å²) in [7, 11) is 0. The van der Waals surface area contributed by atoms with E-state index in [0.29, 0.717) is 0 Å². The number of anilines is 1. The van der Waals surface area contributed by atoms with E-state index in [1.807, 2.05) is 0 Å². The standard InChI is InChI=1S/C11H10FN3O3/c12-7-3-6(11(13)14-18)4-8(5-7)15-9(16)1-2-10(15)17/h3-5,18H,1-2H2,(H2,13,14). The number of nitrogens with zero attached hydrogens (tertiary/aromatic N) is 1. The molecule has 1 heterocycles. The molecule has 1 fully saturated rings. The summed E-state index contributed by atoms with van der Waals surface area (Å²) >= 11 is 0. The molecule has 6 nitrogen and oxygen atoms in total. The molecule has 1 saturated heterocycles. The highest BCUT2D eigenvalue weighted by Crippen LogP contribution is 2.24. The molecule has 3 N–H and O–H groups in total. The Morgan fingerprint density at radius 3 is 2.44 bits per heavy atom. The fraction of sp³-hybridized carbons (Fsp3) is 0.182. The van der Waals surface area contributed by atoms with Gasteiger partial charge in [-0.05, 0) is 18.2 Å². The van der Waals surface area contributed by atoms with Gasteiger partial charge in [-0.15, -0.1) is 0 Å². The molecule has 94 valence electrons. The van der Waals surface area contributed by atoms with Gasteiger partial charge < -0.3 is 0 Å². The van der Waals surface area contributed by atoms with Crippen LogP contribution in [0.2, 0.25) is 0 Å². The molecule has 1 aliphatic heterocycles. The predicted molar refractivity (Wildman–Crippen MR) is 59.9 cm³/mol. The first kappa shape index (κ1) is 12.2. The molecule has 2 rings (SSSR count). The van der Waals surface area contributed by atoms with Crippen LogP contribution in [-0.2, 0) is 9.59 Å². The maximum absolute atomic E-state index is 13.4. The number of hydrogen-bond acceptors (Lipinski definition) is 4. The zero-order valence-corrected chi connectivity index (χ0v) is 9.24. The summed E-state index contributed by atoms with van der Waals surface area (Å²) in [5.74, 6) is -1.93. The number of imide groups is 1. The third-order valence-corrected chi connectivity index (χ3v) is 2.59. The summed E-state index contributed by atoms with van der Waals surface area (Å²) in [6, 6.07) is 3.34. The topological polar surface area (TPSA) is 93.5 Å². The zero-order valence-electron chi connectivity index (χ0n) is 9.24. The average Bonchev–Trinajstić information content (AvgIpc) is 2.67. The average molecular weight is 251 g/mol. The highest BCUT2D eigenvalue weighted by atomic mass is 19.1. The number of hydroxylamine groups is 1. The van der Waals surface area contributed by atoms with Gasteiger partial charge in [-0.1, -0.05) is 0 Å². The lowest BCUT2D eigenvalue weighted by Gasteiger charge is -2.15. The highest BCUT2D eigenvalue weighted by molar-refractivity contribution is 6.20. The molecule has 7 heteroatoms. The molecule has 1 aromatic carbocycles. The minimum Gasteiger partial charge on any atom is -0.290 e. The largest absolute Gasteiger partial charge is 0.290 e. The number of halogens is 1. The molecule has 0 aliphatic carbocycles. The number of amidine groups is 1. The lowest BCUT2D eigenvalue weighted by Crippen LogP contribution is -2.29. The Labute approximate surface area is 101 Å². The van der Waals surface area contributed by atoms with Crippen LogP contribution in [0, 0.1) is 11.2 Å². The summed E-state index contributed by atoms with van der Waals surface area (Å²) in [5.41, 5.74) is 1.69. The Balaban J connectivity index is 2.45. The molecule has 0 spiro atoms. The van der Waals surface area contributed by atoms with E-state index in [4.69, 9.17) is 10.6 Å². The minimum absolute atomic E-state index is 0.0417.